The van der Waals surface area contributed by atoms with Gasteiger partial charge in [0.2, 0.25) is 0 Å². The van der Waals surface area contributed by atoms with Gasteiger partial charge in [0.1, 0.15) is 24.8 Å². The highest BCUT2D eigenvalue weighted by Crippen LogP contribution is 2.36. The zero-order valence-corrected chi connectivity index (χ0v) is 30.4. The molecule has 0 unspecified atom stereocenters. The summed E-state index contributed by atoms with van der Waals surface area (Å²) in [6, 6.07) is 0.302. The summed E-state index contributed by atoms with van der Waals surface area (Å²) in [5.74, 6) is 2.81. The van der Waals surface area contributed by atoms with Crippen molar-refractivity contribution in [2.45, 2.75) is 174 Å². The Bertz CT molecular complexity index is 1140. The van der Waals surface area contributed by atoms with Crippen molar-refractivity contribution in [1.82, 2.24) is 9.13 Å². The van der Waals surface area contributed by atoms with Gasteiger partial charge in [-0.3, -0.25) is 9.98 Å². The third-order valence-corrected chi connectivity index (χ3v) is 10.9. The first-order chi connectivity index (χ1) is 22.9. The molecule has 264 valence electrons. The number of unbranched alkanes of at least 4 members (excludes halogenated alkanes) is 10. The van der Waals surface area contributed by atoms with E-state index in [0.29, 0.717) is 0 Å². The number of hydrogen-bond acceptors (Lipinski definition) is 4. The first-order valence-corrected chi connectivity index (χ1v) is 19.5. The van der Waals surface area contributed by atoms with E-state index in [4.69, 9.17) is 9.98 Å². The lowest BCUT2D eigenvalue weighted by atomic mass is 9.76. The van der Waals surface area contributed by atoms with E-state index in [2.05, 4.69) is 23.0 Å². The molecule has 8 nitrogen and oxygen atoms in total. The number of hydrogen-bond donors (Lipinski definition) is 0. The fourth-order valence-corrected chi connectivity index (χ4v) is 8.02. The predicted molar refractivity (Wildman–Crippen MR) is 187 cm³/mol. The molecule has 8 heteroatoms. The average molecular weight is 651 g/mol. The van der Waals surface area contributed by atoms with E-state index < -0.39 is 0 Å². The van der Waals surface area contributed by atoms with Gasteiger partial charge in [-0.1, -0.05) is 65.2 Å². The second-order valence-corrected chi connectivity index (χ2v) is 14.8. The molecule has 0 radical (unpaired) electrons. The molecule has 2 aliphatic rings. The fraction of sp³-hybridized carbons (Fsp3) is 0.795. The smallest absolute Gasteiger partial charge is 0.291 e. The third kappa shape index (κ3) is 11.8. The van der Waals surface area contributed by atoms with Crippen molar-refractivity contribution in [3.05, 3.63) is 36.4 Å². The monoisotopic (exact) mass is 651 g/mol. The Balaban J connectivity index is 1.18. The van der Waals surface area contributed by atoms with Crippen LogP contribution in [0.1, 0.15) is 160 Å². The zero-order chi connectivity index (χ0) is 33.4. The zero-order valence-electron chi connectivity index (χ0n) is 30.4. The van der Waals surface area contributed by atoms with Crippen LogP contribution in [-0.2, 0) is 27.2 Å². The Morgan fingerprint density at radius 1 is 0.596 bits per heavy atom. The lowest BCUT2D eigenvalue weighted by Crippen LogP contribution is -2.41. The maximum absolute atomic E-state index is 13.3. The van der Waals surface area contributed by atoms with E-state index in [1.807, 2.05) is 48.0 Å². The molecule has 0 bridgehead atoms. The van der Waals surface area contributed by atoms with Crippen LogP contribution >= 0.6 is 0 Å². The normalized spacial score (nSPS) is 22.6. The minimum Gasteiger partial charge on any atom is -0.853 e. The molecule has 2 heterocycles. The average Bonchev–Trinajstić information content (AvgIpc) is 3.63. The summed E-state index contributed by atoms with van der Waals surface area (Å²) >= 11 is 0. The Morgan fingerprint density at radius 3 is 1.34 bits per heavy atom. The molecule has 47 heavy (non-hydrogen) atoms. The molecule has 2 fully saturated rings. The van der Waals surface area contributed by atoms with E-state index in [0.717, 1.165) is 75.1 Å². The Kier molecular flexibility index (Phi) is 15.8. The maximum atomic E-state index is 13.3. The Labute approximate surface area is 286 Å². The molecule has 0 atom stereocenters. The molecule has 0 spiro atoms. The Hall–Kier alpha value is -2.64. The van der Waals surface area contributed by atoms with E-state index in [9.17, 15) is 10.2 Å². The molecule has 0 amide bonds. The minimum atomic E-state index is -0.0492. The topological polar surface area (TPSA) is 88.5 Å². The van der Waals surface area contributed by atoms with Crippen LogP contribution in [0.4, 0.5) is 0 Å². The van der Waals surface area contributed by atoms with Crippen molar-refractivity contribution >= 4 is 11.8 Å². The molecule has 2 aromatic rings. The van der Waals surface area contributed by atoms with Gasteiger partial charge in [-0.2, -0.15) is 0 Å². The Morgan fingerprint density at radius 2 is 0.957 bits per heavy atom. The third-order valence-electron chi connectivity index (χ3n) is 10.9. The second-order valence-electron chi connectivity index (χ2n) is 14.8. The van der Waals surface area contributed by atoms with Gasteiger partial charge in [0, 0.05) is 12.1 Å². The van der Waals surface area contributed by atoms with Crippen LogP contribution in [-0.4, -0.2) is 33.0 Å². The number of imidazole rings is 2. The predicted octanol–water partition coefficient (Wildman–Crippen LogP) is 6.08. The van der Waals surface area contributed by atoms with Crippen molar-refractivity contribution in [1.29, 1.82) is 0 Å². The van der Waals surface area contributed by atoms with Gasteiger partial charge in [0.05, 0.1) is 39.0 Å². The van der Waals surface area contributed by atoms with Crippen molar-refractivity contribution in [2.75, 3.05) is 0 Å². The van der Waals surface area contributed by atoms with E-state index in [-0.39, 0.29) is 23.9 Å². The van der Waals surface area contributed by atoms with Crippen LogP contribution in [0.25, 0.3) is 0 Å². The maximum Gasteiger partial charge on any atom is 0.291 e. The molecule has 2 aromatic heterocycles. The number of nitrogens with zero attached hydrogens (tertiary/aromatic N) is 6. The largest absolute Gasteiger partial charge is 0.853 e. The van der Waals surface area contributed by atoms with Gasteiger partial charge >= 0.3 is 0 Å². The first-order valence-electron chi connectivity index (χ1n) is 19.5. The van der Waals surface area contributed by atoms with Crippen molar-refractivity contribution in [3.63, 3.8) is 0 Å². The summed E-state index contributed by atoms with van der Waals surface area (Å²) in [4.78, 5) is 9.45. The SMILES string of the molecule is CCCCCCCCn1cc[n+](C)c1C([O-])=NC1CCC(CC2CCC(N=C([O-])c3n(CCCCCCCC)cc[n+]3C)CC2)CC1. The van der Waals surface area contributed by atoms with Gasteiger partial charge < -0.3 is 10.2 Å². The molecular weight excluding hydrogens is 584 g/mol. The quantitative estimate of drug-likeness (QED) is 0.0753. The standard InChI is InChI=1S/C39H66N6O2/c1-5-7-9-11-13-15-25-44-29-27-42(3)38(44)36(46)40-34-21-17-32(18-22-34)31-33-19-23-35(24-20-33)41-37(47)39-43(4)28-30-45(39)26-16-14-12-10-8-6-2/h27-30,32-35H,5-26,31H2,1-4H3. The van der Waals surface area contributed by atoms with Crippen molar-refractivity contribution < 1.29 is 19.3 Å². The highest BCUT2D eigenvalue weighted by Gasteiger charge is 2.28. The van der Waals surface area contributed by atoms with Crippen LogP contribution in [0.15, 0.2) is 34.8 Å². The first kappa shape index (κ1) is 37.2. The molecule has 4 rings (SSSR count). The molecule has 0 saturated heterocycles. The van der Waals surface area contributed by atoms with Gasteiger partial charge in [-0.15, -0.1) is 0 Å². The van der Waals surface area contributed by atoms with E-state index >= 15 is 0 Å². The molecule has 0 aromatic carbocycles. The van der Waals surface area contributed by atoms with Gasteiger partial charge in [0.15, 0.2) is 0 Å². The number of aryl methyl sites for hydroxylation is 4. The van der Waals surface area contributed by atoms with Crippen LogP contribution < -0.4 is 19.3 Å². The van der Waals surface area contributed by atoms with E-state index in [1.165, 1.54) is 96.3 Å². The number of aromatic nitrogens is 4. The van der Waals surface area contributed by atoms with Crippen LogP contribution in [0.2, 0.25) is 0 Å². The minimum absolute atomic E-state index is 0.0492. The van der Waals surface area contributed by atoms with Gasteiger partial charge in [-0.25, -0.2) is 18.3 Å². The fourth-order valence-electron chi connectivity index (χ4n) is 8.02. The van der Waals surface area contributed by atoms with E-state index in [1.54, 1.807) is 0 Å². The molecular formula is C39H66N6O2. The summed E-state index contributed by atoms with van der Waals surface area (Å²) < 4.78 is 8.11. The summed E-state index contributed by atoms with van der Waals surface area (Å²) in [6.45, 7) is 6.29. The molecule has 2 aliphatic carbocycles. The summed E-state index contributed by atoms with van der Waals surface area (Å²) in [5.41, 5.74) is 0. The number of aliphatic imine (C=N–C) groups is 2. The van der Waals surface area contributed by atoms with Crippen LogP contribution in [0.3, 0.4) is 0 Å². The number of rotatable bonds is 20. The van der Waals surface area contributed by atoms with Gasteiger partial charge in [-0.05, 0) is 95.3 Å². The van der Waals surface area contributed by atoms with Crippen molar-refractivity contribution in [2.24, 2.45) is 35.9 Å². The van der Waals surface area contributed by atoms with Crippen molar-refractivity contribution in [3.8, 4) is 0 Å². The lowest BCUT2D eigenvalue weighted by molar-refractivity contribution is -0.674. The summed E-state index contributed by atoms with van der Waals surface area (Å²) in [5, 5.41) is 26.5. The summed E-state index contributed by atoms with van der Waals surface area (Å²) in [6.07, 6.45) is 33.1. The lowest BCUT2D eigenvalue weighted by Gasteiger charge is -2.33. The highest BCUT2D eigenvalue weighted by atomic mass is 16.3. The highest BCUT2D eigenvalue weighted by molar-refractivity contribution is 5.86. The molecule has 0 N–H and O–H groups in total. The second kappa shape index (κ2) is 20.0. The summed E-state index contributed by atoms with van der Waals surface area (Å²) in [7, 11) is 3.93. The van der Waals surface area contributed by atoms with Crippen LogP contribution in [0.5, 0.6) is 0 Å². The molecule has 2 saturated carbocycles. The van der Waals surface area contributed by atoms with Gasteiger partial charge in [0.25, 0.3) is 11.6 Å². The molecule has 0 aliphatic heterocycles. The van der Waals surface area contributed by atoms with Crippen LogP contribution in [0, 0.1) is 11.8 Å².